The number of hydrogen-bond acceptors (Lipinski definition) is 7. The maximum Gasteiger partial charge on any atom is 0.216 e. The van der Waals surface area contributed by atoms with Crippen molar-refractivity contribution in [1.82, 2.24) is 10.2 Å². The van der Waals surface area contributed by atoms with Gasteiger partial charge in [-0.3, -0.25) is 10.2 Å². The molecule has 0 aliphatic carbocycles. The van der Waals surface area contributed by atoms with E-state index in [-0.39, 0.29) is 26.3 Å². The third-order valence-electron chi connectivity index (χ3n) is 4.18. The quantitative estimate of drug-likeness (QED) is 0.362. The molecule has 0 aromatic heterocycles. The highest BCUT2D eigenvalue weighted by Crippen LogP contribution is 2.21. The normalized spacial score (nSPS) is 22.4. The zero-order chi connectivity index (χ0) is 19.2. The number of aliphatic hydroxyl groups excluding tert-OH is 2. The summed E-state index contributed by atoms with van der Waals surface area (Å²) in [6.45, 7) is 10.8. The number of halogens is 1. The molecule has 2 aliphatic heterocycles. The minimum atomic E-state index is -0.865. The summed E-state index contributed by atoms with van der Waals surface area (Å²) in [5, 5.41) is 23.4. The van der Waals surface area contributed by atoms with Crippen LogP contribution in [-0.4, -0.2) is 69.6 Å². The first-order chi connectivity index (χ1) is 12.3. The van der Waals surface area contributed by atoms with Crippen molar-refractivity contribution >= 4 is 30.7 Å². The highest BCUT2D eigenvalue weighted by molar-refractivity contribution is 14.2. The number of rotatable bonds is 8. The minimum Gasteiger partial charge on any atom is -0.364 e. The Morgan fingerprint density at radius 1 is 1.35 bits per heavy atom. The van der Waals surface area contributed by atoms with E-state index in [0.29, 0.717) is 12.5 Å². The molecule has 2 rings (SSSR count). The first kappa shape index (κ1) is 22.1. The van der Waals surface area contributed by atoms with Crippen molar-refractivity contribution in [2.24, 2.45) is 10.9 Å². The predicted molar refractivity (Wildman–Crippen MR) is 112 cm³/mol. The second-order valence-electron chi connectivity index (χ2n) is 7.49. The third kappa shape index (κ3) is 7.41. The van der Waals surface area contributed by atoms with Crippen LogP contribution in [0.2, 0.25) is 0 Å². The van der Waals surface area contributed by atoms with Gasteiger partial charge in [-0.2, -0.15) is 0 Å². The van der Waals surface area contributed by atoms with Gasteiger partial charge in [-0.05, 0) is 50.5 Å². The van der Waals surface area contributed by atoms with Crippen LogP contribution < -0.4 is 5.32 Å². The topological polar surface area (TPSA) is 86.6 Å². The number of likely N-dealkylation sites (tertiary alicyclic amines) is 1. The summed E-state index contributed by atoms with van der Waals surface area (Å²) in [6, 6.07) is 0. The molecule has 150 valence electrons. The van der Waals surface area contributed by atoms with Gasteiger partial charge >= 0.3 is 0 Å². The molecule has 0 aromatic carbocycles. The van der Waals surface area contributed by atoms with Gasteiger partial charge in [-0.1, -0.05) is 20.7 Å². The molecule has 0 saturated carbocycles. The Hall–Kier alpha value is -0.230. The van der Waals surface area contributed by atoms with E-state index in [1.54, 1.807) is 6.21 Å². The molecular formula is C18H32IN3O4. The number of nitrogens with one attached hydrogen (secondary N) is 1. The Morgan fingerprint density at radius 2 is 2.04 bits per heavy atom. The number of nitrogens with zero attached hydrogens (tertiary/aromatic N) is 2. The third-order valence-corrected chi connectivity index (χ3v) is 6.46. The average Bonchev–Trinajstić information content (AvgIpc) is 2.59. The van der Waals surface area contributed by atoms with E-state index in [1.807, 2.05) is 32.6 Å². The largest absolute Gasteiger partial charge is 0.364 e. The fourth-order valence-corrected chi connectivity index (χ4v) is 4.62. The average molecular weight is 481 g/mol. The summed E-state index contributed by atoms with van der Waals surface area (Å²) in [5.41, 5.74) is 0.408. The van der Waals surface area contributed by atoms with Crippen molar-refractivity contribution in [2.75, 3.05) is 26.2 Å². The summed E-state index contributed by atoms with van der Waals surface area (Å²) in [4.78, 5) is 6.42. The van der Waals surface area contributed by atoms with Gasteiger partial charge in [0.25, 0.3) is 0 Å². The lowest BCUT2D eigenvalue weighted by molar-refractivity contribution is -0.243. The van der Waals surface area contributed by atoms with Gasteiger partial charge in [0.2, 0.25) is 6.41 Å². The second kappa shape index (κ2) is 10.4. The molecule has 0 aromatic rings. The van der Waals surface area contributed by atoms with E-state index in [9.17, 15) is 10.2 Å². The predicted octanol–water partition coefficient (Wildman–Crippen LogP) is 1.76. The van der Waals surface area contributed by atoms with Crippen LogP contribution in [-0.2, 0) is 9.47 Å². The Kier molecular flexibility index (Phi) is 8.78. The summed E-state index contributed by atoms with van der Waals surface area (Å²) < 4.78 is 13.9. The van der Waals surface area contributed by atoms with Gasteiger partial charge in [-0.15, -0.1) is 0 Å². The van der Waals surface area contributed by atoms with Crippen LogP contribution in [0.25, 0.3) is 0 Å². The van der Waals surface area contributed by atoms with Crippen LogP contribution in [0.15, 0.2) is 14.6 Å². The summed E-state index contributed by atoms with van der Waals surface area (Å²) in [5.74, 6) is 0.569. The maximum atomic E-state index is 10.2. The van der Waals surface area contributed by atoms with E-state index in [1.165, 1.54) is 0 Å². The lowest BCUT2D eigenvalue weighted by Gasteiger charge is -2.37. The van der Waals surface area contributed by atoms with Crippen LogP contribution in [0, 0.1) is 5.92 Å². The SMILES string of the molecule is CCOC(O)C1=CI=C(NCC2CCN(C(O)OC(C)(C)C)CC2)N=C1. The second-order valence-corrected chi connectivity index (χ2v) is 9.76. The highest BCUT2D eigenvalue weighted by atomic mass is 127. The number of hydrogen-bond donors (Lipinski definition) is 3. The van der Waals surface area contributed by atoms with Gasteiger partial charge in [0.15, 0.2) is 6.29 Å². The molecule has 0 spiro atoms. The summed E-state index contributed by atoms with van der Waals surface area (Å²) >= 11 is -0.366. The lowest BCUT2D eigenvalue weighted by atomic mass is 9.97. The molecule has 26 heavy (non-hydrogen) atoms. The van der Waals surface area contributed by atoms with E-state index in [0.717, 1.165) is 41.8 Å². The standard InChI is InChI=1S/C18H32IN3O4/c1-5-25-15(23)14-10-19-16(21-12-14)20-11-13-6-8-22(9-7-13)17(24)26-18(2,3)4/h10,12-13,15,17,23-24H,5-9,11H2,1-4H3,(H,20,21). The number of aliphatic hydroxyl groups is 2. The molecular weight excluding hydrogens is 449 g/mol. The van der Waals surface area contributed by atoms with Gasteiger partial charge in [-0.25, -0.2) is 4.99 Å². The monoisotopic (exact) mass is 481 g/mol. The van der Waals surface area contributed by atoms with Crippen molar-refractivity contribution in [3.05, 3.63) is 9.66 Å². The lowest BCUT2D eigenvalue weighted by Crippen LogP contribution is -2.47. The number of ether oxygens (including phenoxy) is 2. The van der Waals surface area contributed by atoms with Gasteiger partial charge in [0, 0.05) is 38.0 Å². The van der Waals surface area contributed by atoms with Crippen LogP contribution in [0.3, 0.4) is 0 Å². The van der Waals surface area contributed by atoms with Gasteiger partial charge < -0.3 is 19.7 Å². The van der Waals surface area contributed by atoms with Gasteiger partial charge in [0.1, 0.15) is 3.76 Å². The molecule has 2 heterocycles. The zero-order valence-corrected chi connectivity index (χ0v) is 18.3. The van der Waals surface area contributed by atoms with Crippen LogP contribution in [0.1, 0.15) is 40.5 Å². The Balaban J connectivity index is 1.72. The Bertz CT molecular complexity index is 537. The van der Waals surface area contributed by atoms with Crippen LogP contribution in [0.5, 0.6) is 0 Å². The number of aliphatic imine (C=N–C) groups is 1. The maximum absolute atomic E-state index is 10.2. The molecule has 0 radical (unpaired) electrons. The molecule has 2 atom stereocenters. The molecule has 0 bridgehead atoms. The smallest absolute Gasteiger partial charge is 0.216 e. The van der Waals surface area contributed by atoms with Crippen molar-refractivity contribution in [3.63, 3.8) is 0 Å². The van der Waals surface area contributed by atoms with Crippen LogP contribution >= 0.6 is 20.7 Å². The molecule has 3 N–H and O–H groups in total. The van der Waals surface area contributed by atoms with E-state index >= 15 is 0 Å². The summed E-state index contributed by atoms with van der Waals surface area (Å²) in [6.07, 6.45) is 2.05. The molecule has 2 unspecified atom stereocenters. The molecule has 0 amide bonds. The highest BCUT2D eigenvalue weighted by Gasteiger charge is 2.27. The Labute approximate surface area is 166 Å². The molecule has 1 fully saturated rings. The first-order valence-electron chi connectivity index (χ1n) is 9.16. The Morgan fingerprint density at radius 3 is 2.58 bits per heavy atom. The van der Waals surface area contributed by atoms with E-state index in [4.69, 9.17) is 9.47 Å². The van der Waals surface area contributed by atoms with Crippen molar-refractivity contribution in [2.45, 2.75) is 58.8 Å². The van der Waals surface area contributed by atoms with Crippen LogP contribution in [0.4, 0.5) is 0 Å². The zero-order valence-electron chi connectivity index (χ0n) is 16.1. The fourth-order valence-electron chi connectivity index (χ4n) is 2.76. The van der Waals surface area contributed by atoms with Crippen molar-refractivity contribution < 1.29 is 19.7 Å². The molecule has 1 saturated heterocycles. The minimum absolute atomic E-state index is 0.348. The molecule has 7 nitrogen and oxygen atoms in total. The summed E-state index contributed by atoms with van der Waals surface area (Å²) in [7, 11) is 0. The fraction of sp³-hybridized carbons (Fsp3) is 0.778. The van der Waals surface area contributed by atoms with Crippen molar-refractivity contribution in [3.8, 4) is 0 Å². The van der Waals surface area contributed by atoms with E-state index in [2.05, 4.69) is 14.4 Å². The van der Waals surface area contributed by atoms with Crippen molar-refractivity contribution in [1.29, 1.82) is 0 Å². The molecule has 8 heteroatoms. The van der Waals surface area contributed by atoms with Gasteiger partial charge in [0.05, 0.1) is 5.60 Å². The first-order valence-corrected chi connectivity index (χ1v) is 11.5. The molecule has 2 aliphatic rings. The number of piperidine rings is 1. The van der Waals surface area contributed by atoms with E-state index < -0.39 is 12.7 Å².